The number of hydrogen-bond donors (Lipinski definition) is 3. The molecule has 5 nitrogen and oxygen atoms in total. The lowest BCUT2D eigenvalue weighted by Crippen LogP contribution is -2.07. The Kier molecular flexibility index (Phi) is 3.40. The number of rotatable bonds is 4. The summed E-state index contributed by atoms with van der Waals surface area (Å²) in [5, 5.41) is 10.2. The maximum atomic E-state index is 11.2. The van der Waals surface area contributed by atoms with Crippen LogP contribution < -0.4 is 5.69 Å². The zero-order valence-corrected chi connectivity index (χ0v) is 10.7. The molecule has 2 heterocycles. The highest BCUT2D eigenvalue weighted by atomic mass is 16.5. The molecule has 2 unspecified atom stereocenters. The van der Waals surface area contributed by atoms with Gasteiger partial charge in [0.05, 0.1) is 23.2 Å². The van der Waals surface area contributed by atoms with Crippen molar-refractivity contribution in [2.24, 2.45) is 0 Å². The molecule has 1 aromatic heterocycles. The minimum atomic E-state index is -0.507. The summed E-state index contributed by atoms with van der Waals surface area (Å²) in [6.07, 6.45) is 3.57. The van der Waals surface area contributed by atoms with Crippen LogP contribution in [0.4, 0.5) is 0 Å². The quantitative estimate of drug-likeness (QED) is 0.786. The van der Waals surface area contributed by atoms with Gasteiger partial charge in [0.25, 0.3) is 0 Å². The van der Waals surface area contributed by atoms with E-state index in [1.165, 1.54) is 0 Å². The largest absolute Gasteiger partial charge is 0.388 e. The van der Waals surface area contributed by atoms with Gasteiger partial charge < -0.3 is 19.8 Å². The van der Waals surface area contributed by atoms with Gasteiger partial charge in [-0.3, -0.25) is 0 Å². The summed E-state index contributed by atoms with van der Waals surface area (Å²) in [5.74, 6) is 0. The molecule has 0 radical (unpaired) electrons. The number of ether oxygens (including phenoxy) is 1. The second-order valence-corrected chi connectivity index (χ2v) is 5.11. The van der Waals surface area contributed by atoms with Gasteiger partial charge in [-0.1, -0.05) is 6.07 Å². The van der Waals surface area contributed by atoms with Gasteiger partial charge in [0.15, 0.2) is 0 Å². The Morgan fingerprint density at radius 2 is 2.21 bits per heavy atom. The number of H-pyrrole nitrogens is 2. The maximum Gasteiger partial charge on any atom is 0.323 e. The van der Waals surface area contributed by atoms with Crippen molar-refractivity contribution >= 4 is 11.0 Å². The zero-order chi connectivity index (χ0) is 13.2. The van der Waals surface area contributed by atoms with Crippen molar-refractivity contribution in [2.75, 3.05) is 6.61 Å². The molecular formula is C14H18N2O3. The monoisotopic (exact) mass is 262 g/mol. The summed E-state index contributed by atoms with van der Waals surface area (Å²) in [7, 11) is 0. The molecule has 5 heteroatoms. The summed E-state index contributed by atoms with van der Waals surface area (Å²) >= 11 is 0. The fraction of sp³-hybridized carbons (Fsp3) is 0.500. The Bertz CT molecular complexity index is 610. The van der Waals surface area contributed by atoms with E-state index in [1.54, 1.807) is 0 Å². The number of imidazole rings is 1. The van der Waals surface area contributed by atoms with Crippen LogP contribution in [0.25, 0.3) is 11.0 Å². The first-order valence-electron chi connectivity index (χ1n) is 6.74. The highest BCUT2D eigenvalue weighted by Gasteiger charge is 2.18. The average Bonchev–Trinajstić information content (AvgIpc) is 3.02. The van der Waals surface area contributed by atoms with Gasteiger partial charge in [-0.05, 0) is 43.4 Å². The van der Waals surface area contributed by atoms with Crippen molar-refractivity contribution in [3.05, 3.63) is 34.2 Å². The second kappa shape index (κ2) is 5.19. The molecule has 1 saturated heterocycles. The molecule has 1 aliphatic rings. The van der Waals surface area contributed by atoms with Gasteiger partial charge in [0, 0.05) is 6.61 Å². The number of aliphatic hydroxyl groups is 1. The van der Waals surface area contributed by atoms with Crippen LogP contribution in [-0.4, -0.2) is 27.8 Å². The first-order chi connectivity index (χ1) is 9.22. The van der Waals surface area contributed by atoms with Crippen LogP contribution in [-0.2, 0) is 4.74 Å². The van der Waals surface area contributed by atoms with Crippen LogP contribution in [0.5, 0.6) is 0 Å². The Morgan fingerprint density at radius 3 is 3.00 bits per heavy atom. The summed E-state index contributed by atoms with van der Waals surface area (Å²) in [6.45, 7) is 0.845. The molecule has 0 saturated carbocycles. The first-order valence-corrected chi connectivity index (χ1v) is 6.74. The standard InChI is InChI=1S/C14H18N2O3/c17-13(6-4-10-2-1-7-19-10)9-3-5-11-12(8-9)16-14(18)15-11/h3,5,8,10,13,17H,1-2,4,6-7H2,(H2,15,16,18). The van der Waals surface area contributed by atoms with Gasteiger partial charge in [0.2, 0.25) is 0 Å². The minimum absolute atomic E-state index is 0.221. The van der Waals surface area contributed by atoms with Gasteiger partial charge in [0.1, 0.15) is 0 Å². The number of aliphatic hydroxyl groups excluding tert-OH is 1. The van der Waals surface area contributed by atoms with E-state index in [2.05, 4.69) is 9.97 Å². The van der Waals surface area contributed by atoms with Crippen LogP contribution in [0.15, 0.2) is 23.0 Å². The fourth-order valence-electron chi connectivity index (χ4n) is 2.64. The number of fused-ring (bicyclic) bond motifs is 1. The van der Waals surface area contributed by atoms with Crippen LogP contribution in [0, 0.1) is 0 Å². The Hall–Kier alpha value is -1.59. The van der Waals surface area contributed by atoms with Crippen LogP contribution in [0.2, 0.25) is 0 Å². The van der Waals surface area contributed by atoms with E-state index in [-0.39, 0.29) is 5.69 Å². The topological polar surface area (TPSA) is 78.1 Å². The number of hydrogen-bond acceptors (Lipinski definition) is 3. The fourth-order valence-corrected chi connectivity index (χ4v) is 2.64. The van der Waals surface area contributed by atoms with Crippen molar-refractivity contribution in [3.63, 3.8) is 0 Å². The van der Waals surface area contributed by atoms with Gasteiger partial charge in [-0.15, -0.1) is 0 Å². The highest BCUT2D eigenvalue weighted by molar-refractivity contribution is 5.75. The highest BCUT2D eigenvalue weighted by Crippen LogP contribution is 2.25. The molecule has 0 spiro atoms. The number of aromatic amines is 2. The van der Waals surface area contributed by atoms with Crippen molar-refractivity contribution in [2.45, 2.75) is 37.9 Å². The molecule has 19 heavy (non-hydrogen) atoms. The van der Waals surface area contributed by atoms with Gasteiger partial charge in [-0.25, -0.2) is 4.79 Å². The smallest absolute Gasteiger partial charge is 0.323 e. The number of aromatic nitrogens is 2. The Balaban J connectivity index is 1.69. The van der Waals surface area contributed by atoms with Crippen molar-refractivity contribution in [1.82, 2.24) is 9.97 Å². The predicted octanol–water partition coefficient (Wildman–Crippen LogP) is 1.85. The van der Waals surface area contributed by atoms with E-state index in [0.717, 1.165) is 42.5 Å². The summed E-state index contributed by atoms with van der Waals surface area (Å²) < 4.78 is 5.55. The predicted molar refractivity (Wildman–Crippen MR) is 72.1 cm³/mol. The third-order valence-electron chi connectivity index (χ3n) is 3.71. The molecule has 0 bridgehead atoms. The summed E-state index contributed by atoms with van der Waals surface area (Å²) in [5.41, 5.74) is 2.11. The number of benzene rings is 1. The van der Waals surface area contributed by atoms with Crippen LogP contribution in [0.1, 0.15) is 37.4 Å². The van der Waals surface area contributed by atoms with Crippen molar-refractivity contribution in [3.8, 4) is 0 Å². The minimum Gasteiger partial charge on any atom is -0.388 e. The molecule has 3 rings (SSSR count). The average molecular weight is 262 g/mol. The van der Waals surface area contributed by atoms with E-state index < -0.39 is 6.10 Å². The van der Waals surface area contributed by atoms with Gasteiger partial charge in [-0.2, -0.15) is 0 Å². The van der Waals surface area contributed by atoms with E-state index in [1.807, 2.05) is 18.2 Å². The molecule has 3 N–H and O–H groups in total. The maximum absolute atomic E-state index is 11.2. The molecule has 1 fully saturated rings. The lowest BCUT2D eigenvalue weighted by Gasteiger charge is -2.14. The molecule has 1 aliphatic heterocycles. The van der Waals surface area contributed by atoms with Crippen LogP contribution >= 0.6 is 0 Å². The van der Waals surface area contributed by atoms with E-state index >= 15 is 0 Å². The van der Waals surface area contributed by atoms with Crippen molar-refractivity contribution in [1.29, 1.82) is 0 Å². The normalized spacial score (nSPS) is 21.0. The SMILES string of the molecule is O=c1[nH]c2ccc(C(O)CCC3CCCO3)cc2[nH]1. The van der Waals surface area contributed by atoms with E-state index in [0.29, 0.717) is 12.5 Å². The lowest BCUT2D eigenvalue weighted by atomic mass is 10.0. The molecule has 102 valence electrons. The molecule has 2 atom stereocenters. The van der Waals surface area contributed by atoms with Gasteiger partial charge >= 0.3 is 5.69 Å². The zero-order valence-electron chi connectivity index (χ0n) is 10.7. The Labute approximate surface area is 110 Å². The van der Waals surface area contributed by atoms with E-state index in [9.17, 15) is 9.90 Å². The number of nitrogens with one attached hydrogen (secondary N) is 2. The molecule has 0 aliphatic carbocycles. The summed E-state index contributed by atoms with van der Waals surface area (Å²) in [6, 6.07) is 5.50. The lowest BCUT2D eigenvalue weighted by molar-refractivity contribution is 0.0812. The molecular weight excluding hydrogens is 244 g/mol. The van der Waals surface area contributed by atoms with Crippen molar-refractivity contribution < 1.29 is 9.84 Å². The molecule has 0 amide bonds. The third kappa shape index (κ3) is 2.72. The first kappa shape index (κ1) is 12.4. The Morgan fingerprint density at radius 1 is 1.37 bits per heavy atom. The summed E-state index contributed by atoms with van der Waals surface area (Å²) in [4.78, 5) is 16.6. The second-order valence-electron chi connectivity index (χ2n) is 5.11. The molecule has 2 aromatic rings. The third-order valence-corrected chi connectivity index (χ3v) is 3.71. The molecule has 1 aromatic carbocycles. The van der Waals surface area contributed by atoms with E-state index in [4.69, 9.17) is 4.74 Å². The van der Waals surface area contributed by atoms with Crippen LogP contribution in [0.3, 0.4) is 0 Å².